The van der Waals surface area contributed by atoms with Gasteiger partial charge < -0.3 is 0 Å². The standard InChI is InChI=1S/C16H18BrClN2/c1-10-3-4-11(2)12(5-10)8-16(20-19)13-6-14(17)9-15(18)7-13/h3-7,9,16,20H,8,19H2,1-2H3. The first-order valence-electron chi connectivity index (χ1n) is 6.48. The molecule has 0 fully saturated rings. The lowest BCUT2D eigenvalue weighted by molar-refractivity contribution is 0.550. The summed E-state index contributed by atoms with van der Waals surface area (Å²) < 4.78 is 0.959. The van der Waals surface area contributed by atoms with Crippen molar-refractivity contribution in [2.75, 3.05) is 0 Å². The van der Waals surface area contributed by atoms with Gasteiger partial charge in [0, 0.05) is 9.50 Å². The fraction of sp³-hybridized carbons (Fsp3) is 0.250. The van der Waals surface area contributed by atoms with Crippen LogP contribution in [-0.2, 0) is 6.42 Å². The van der Waals surface area contributed by atoms with Crippen LogP contribution in [0.2, 0.25) is 5.02 Å². The Morgan fingerprint density at radius 3 is 2.60 bits per heavy atom. The van der Waals surface area contributed by atoms with Crippen LogP contribution in [0.5, 0.6) is 0 Å². The van der Waals surface area contributed by atoms with Crippen LogP contribution >= 0.6 is 27.5 Å². The lowest BCUT2D eigenvalue weighted by Gasteiger charge is -2.19. The second-order valence-electron chi connectivity index (χ2n) is 5.06. The van der Waals surface area contributed by atoms with E-state index >= 15 is 0 Å². The highest BCUT2D eigenvalue weighted by Crippen LogP contribution is 2.26. The minimum absolute atomic E-state index is 0.0329. The first-order valence-corrected chi connectivity index (χ1v) is 7.65. The Hall–Kier alpha value is -0.870. The van der Waals surface area contributed by atoms with Crippen LogP contribution in [0, 0.1) is 13.8 Å². The molecule has 0 amide bonds. The highest BCUT2D eigenvalue weighted by atomic mass is 79.9. The van der Waals surface area contributed by atoms with Gasteiger partial charge in [-0.3, -0.25) is 11.3 Å². The van der Waals surface area contributed by atoms with Gasteiger partial charge in [-0.1, -0.05) is 51.3 Å². The van der Waals surface area contributed by atoms with E-state index in [1.807, 2.05) is 18.2 Å². The van der Waals surface area contributed by atoms with Crippen molar-refractivity contribution in [2.45, 2.75) is 26.3 Å². The molecule has 1 atom stereocenters. The summed E-state index contributed by atoms with van der Waals surface area (Å²) in [6, 6.07) is 12.4. The number of halogens is 2. The highest BCUT2D eigenvalue weighted by molar-refractivity contribution is 9.10. The molecule has 2 rings (SSSR count). The molecule has 4 heteroatoms. The summed E-state index contributed by atoms with van der Waals surface area (Å²) in [5, 5.41) is 0.704. The van der Waals surface area contributed by atoms with Crippen molar-refractivity contribution in [3.05, 3.63) is 68.1 Å². The van der Waals surface area contributed by atoms with E-state index < -0.39 is 0 Å². The lowest BCUT2D eigenvalue weighted by atomic mass is 9.95. The first kappa shape index (κ1) is 15.5. The largest absolute Gasteiger partial charge is 0.271 e. The molecular weight excluding hydrogens is 336 g/mol. The van der Waals surface area contributed by atoms with Crippen LogP contribution in [0.15, 0.2) is 40.9 Å². The van der Waals surface area contributed by atoms with Crippen molar-refractivity contribution < 1.29 is 0 Å². The van der Waals surface area contributed by atoms with Crippen molar-refractivity contribution in [3.63, 3.8) is 0 Å². The lowest BCUT2D eigenvalue weighted by Crippen LogP contribution is -2.29. The summed E-state index contributed by atoms with van der Waals surface area (Å²) in [4.78, 5) is 0. The number of benzene rings is 2. The molecule has 0 aromatic heterocycles. The smallest absolute Gasteiger partial charge is 0.0501 e. The van der Waals surface area contributed by atoms with Crippen molar-refractivity contribution in [1.29, 1.82) is 0 Å². The van der Waals surface area contributed by atoms with E-state index in [0.29, 0.717) is 5.02 Å². The molecule has 0 spiro atoms. The van der Waals surface area contributed by atoms with Gasteiger partial charge in [-0.05, 0) is 55.2 Å². The predicted octanol–water partition coefficient (Wildman–Crippen LogP) is 4.47. The molecule has 3 N–H and O–H groups in total. The van der Waals surface area contributed by atoms with Crippen molar-refractivity contribution in [3.8, 4) is 0 Å². The first-order chi connectivity index (χ1) is 9.49. The molecule has 106 valence electrons. The second kappa shape index (κ2) is 6.72. The van der Waals surface area contributed by atoms with Crippen LogP contribution in [0.4, 0.5) is 0 Å². The summed E-state index contributed by atoms with van der Waals surface area (Å²) in [5.41, 5.74) is 7.79. The summed E-state index contributed by atoms with van der Waals surface area (Å²) in [5.74, 6) is 5.73. The summed E-state index contributed by atoms with van der Waals surface area (Å²) in [6.45, 7) is 4.22. The van der Waals surface area contributed by atoms with Gasteiger partial charge in [0.2, 0.25) is 0 Å². The van der Waals surface area contributed by atoms with Gasteiger partial charge in [0.25, 0.3) is 0 Å². The Kier molecular flexibility index (Phi) is 5.22. The zero-order valence-electron chi connectivity index (χ0n) is 11.6. The van der Waals surface area contributed by atoms with E-state index in [2.05, 4.69) is 53.4 Å². The quantitative estimate of drug-likeness (QED) is 0.629. The number of nitrogens with two attached hydrogens (primary N) is 1. The van der Waals surface area contributed by atoms with Gasteiger partial charge in [-0.15, -0.1) is 0 Å². The number of hydrogen-bond donors (Lipinski definition) is 2. The zero-order chi connectivity index (χ0) is 14.7. The summed E-state index contributed by atoms with van der Waals surface area (Å²) in [6.07, 6.45) is 0.830. The van der Waals surface area contributed by atoms with Crippen LogP contribution in [-0.4, -0.2) is 0 Å². The Morgan fingerprint density at radius 1 is 1.20 bits per heavy atom. The minimum atomic E-state index is 0.0329. The molecule has 0 bridgehead atoms. The average Bonchev–Trinajstić information content (AvgIpc) is 2.38. The van der Waals surface area contributed by atoms with E-state index in [-0.39, 0.29) is 6.04 Å². The molecule has 2 aromatic rings. The number of aryl methyl sites for hydroxylation is 2. The maximum atomic E-state index is 6.11. The molecule has 2 nitrogen and oxygen atoms in total. The Balaban J connectivity index is 2.30. The molecule has 0 radical (unpaired) electrons. The molecule has 1 unspecified atom stereocenters. The molecule has 0 heterocycles. The highest BCUT2D eigenvalue weighted by Gasteiger charge is 2.13. The zero-order valence-corrected chi connectivity index (χ0v) is 13.9. The molecule has 0 saturated heterocycles. The van der Waals surface area contributed by atoms with Gasteiger partial charge in [0.05, 0.1) is 6.04 Å². The SMILES string of the molecule is Cc1ccc(C)c(CC(NN)c2cc(Cl)cc(Br)c2)c1. The average molecular weight is 354 g/mol. The summed E-state index contributed by atoms with van der Waals surface area (Å²) in [7, 11) is 0. The molecule has 0 aliphatic heterocycles. The van der Waals surface area contributed by atoms with Crippen molar-refractivity contribution in [1.82, 2.24) is 5.43 Å². The van der Waals surface area contributed by atoms with Crippen molar-refractivity contribution >= 4 is 27.5 Å². The molecule has 20 heavy (non-hydrogen) atoms. The van der Waals surface area contributed by atoms with E-state index in [0.717, 1.165) is 16.5 Å². The normalized spacial score (nSPS) is 12.4. The third-order valence-electron chi connectivity index (χ3n) is 3.42. The van der Waals surface area contributed by atoms with Crippen LogP contribution < -0.4 is 11.3 Å². The van der Waals surface area contributed by atoms with E-state index in [9.17, 15) is 0 Å². The van der Waals surface area contributed by atoms with E-state index in [4.69, 9.17) is 17.4 Å². The van der Waals surface area contributed by atoms with Gasteiger partial charge >= 0.3 is 0 Å². The molecule has 0 saturated carbocycles. The van der Waals surface area contributed by atoms with Crippen LogP contribution in [0.3, 0.4) is 0 Å². The third-order valence-corrected chi connectivity index (χ3v) is 4.09. The molecule has 0 aliphatic rings. The number of hydrazine groups is 1. The van der Waals surface area contributed by atoms with Gasteiger partial charge in [0.1, 0.15) is 0 Å². The summed E-state index contributed by atoms with van der Waals surface area (Å²) >= 11 is 9.58. The molecule has 0 aliphatic carbocycles. The van der Waals surface area contributed by atoms with E-state index in [1.165, 1.54) is 16.7 Å². The van der Waals surface area contributed by atoms with Crippen LogP contribution in [0.25, 0.3) is 0 Å². The fourth-order valence-electron chi connectivity index (χ4n) is 2.29. The second-order valence-corrected chi connectivity index (χ2v) is 6.41. The maximum absolute atomic E-state index is 6.11. The number of hydrogen-bond acceptors (Lipinski definition) is 2. The van der Waals surface area contributed by atoms with Crippen molar-refractivity contribution in [2.24, 2.45) is 5.84 Å². The monoisotopic (exact) mass is 352 g/mol. The van der Waals surface area contributed by atoms with Gasteiger partial charge in [-0.25, -0.2) is 0 Å². The third kappa shape index (κ3) is 3.83. The Bertz CT molecular complexity index is 593. The maximum Gasteiger partial charge on any atom is 0.0501 e. The Morgan fingerprint density at radius 2 is 1.95 bits per heavy atom. The molecular formula is C16H18BrClN2. The minimum Gasteiger partial charge on any atom is -0.271 e. The Labute approximate surface area is 133 Å². The van der Waals surface area contributed by atoms with Gasteiger partial charge in [-0.2, -0.15) is 0 Å². The predicted molar refractivity (Wildman–Crippen MR) is 88.8 cm³/mol. The van der Waals surface area contributed by atoms with E-state index in [1.54, 1.807) is 0 Å². The number of nitrogens with one attached hydrogen (secondary N) is 1. The topological polar surface area (TPSA) is 38.0 Å². The number of rotatable bonds is 4. The fourth-order valence-corrected chi connectivity index (χ4v) is 3.18. The molecule has 2 aromatic carbocycles. The van der Waals surface area contributed by atoms with Crippen LogP contribution in [0.1, 0.15) is 28.3 Å². The van der Waals surface area contributed by atoms with Gasteiger partial charge in [0.15, 0.2) is 0 Å².